The predicted molar refractivity (Wildman–Crippen MR) is 73.6 cm³/mol. The first-order valence-corrected chi connectivity index (χ1v) is 6.75. The number of hydrogen-bond acceptors (Lipinski definition) is 4. The fourth-order valence-electron chi connectivity index (χ4n) is 1.73. The second kappa shape index (κ2) is 6.06. The van der Waals surface area contributed by atoms with Crippen molar-refractivity contribution in [1.29, 1.82) is 0 Å². The highest BCUT2D eigenvalue weighted by atomic mass is 79.9. The standard InChI is InChI=1S/C12H16BrN5/c1-3-4-14-8-12-15-16-17-18(12)11-6-9(2)5-10(13)7-11/h5-7,14H,3-4,8H2,1-2H3. The zero-order chi connectivity index (χ0) is 13.0. The highest BCUT2D eigenvalue weighted by molar-refractivity contribution is 9.10. The van der Waals surface area contributed by atoms with Crippen LogP contribution in [0.25, 0.3) is 5.69 Å². The molecule has 1 aromatic carbocycles. The van der Waals surface area contributed by atoms with Gasteiger partial charge in [0.15, 0.2) is 5.82 Å². The van der Waals surface area contributed by atoms with Crippen molar-refractivity contribution < 1.29 is 0 Å². The summed E-state index contributed by atoms with van der Waals surface area (Å²) in [5.74, 6) is 0.820. The Morgan fingerprint density at radius 3 is 2.89 bits per heavy atom. The molecule has 1 aromatic heterocycles. The molecule has 0 aliphatic heterocycles. The van der Waals surface area contributed by atoms with Crippen LogP contribution in [0, 0.1) is 6.92 Å². The van der Waals surface area contributed by atoms with Crippen LogP contribution in [0.3, 0.4) is 0 Å². The third-order valence-corrected chi connectivity index (χ3v) is 2.97. The smallest absolute Gasteiger partial charge is 0.170 e. The van der Waals surface area contributed by atoms with Crippen molar-refractivity contribution in [3.8, 4) is 5.69 Å². The molecule has 0 spiro atoms. The van der Waals surface area contributed by atoms with E-state index in [1.54, 1.807) is 4.68 Å². The summed E-state index contributed by atoms with van der Waals surface area (Å²) >= 11 is 3.49. The molecule has 2 rings (SSSR count). The lowest BCUT2D eigenvalue weighted by Crippen LogP contribution is -2.17. The fraction of sp³-hybridized carbons (Fsp3) is 0.417. The van der Waals surface area contributed by atoms with Gasteiger partial charge in [-0.1, -0.05) is 22.9 Å². The lowest BCUT2D eigenvalue weighted by molar-refractivity contribution is 0.632. The Balaban J connectivity index is 2.24. The second-order valence-electron chi connectivity index (χ2n) is 4.17. The highest BCUT2D eigenvalue weighted by Gasteiger charge is 2.08. The number of benzene rings is 1. The maximum Gasteiger partial charge on any atom is 0.170 e. The van der Waals surface area contributed by atoms with Gasteiger partial charge in [0, 0.05) is 4.47 Å². The third kappa shape index (κ3) is 3.14. The van der Waals surface area contributed by atoms with E-state index in [2.05, 4.69) is 55.8 Å². The maximum absolute atomic E-state index is 4.05. The molecule has 0 fully saturated rings. The number of nitrogens with one attached hydrogen (secondary N) is 1. The predicted octanol–water partition coefficient (Wildman–Crippen LogP) is 2.23. The van der Waals surface area contributed by atoms with E-state index in [0.717, 1.165) is 29.0 Å². The SMILES string of the molecule is CCCNCc1nnnn1-c1cc(C)cc(Br)c1. The monoisotopic (exact) mass is 309 g/mol. The average molecular weight is 310 g/mol. The molecule has 0 aliphatic carbocycles. The summed E-state index contributed by atoms with van der Waals surface area (Å²) in [6.07, 6.45) is 1.09. The number of tetrazole rings is 1. The molecule has 0 aliphatic rings. The van der Waals surface area contributed by atoms with E-state index in [9.17, 15) is 0 Å². The summed E-state index contributed by atoms with van der Waals surface area (Å²) in [6, 6.07) is 6.12. The number of halogens is 1. The molecule has 0 atom stereocenters. The van der Waals surface area contributed by atoms with Gasteiger partial charge < -0.3 is 5.32 Å². The Kier molecular flexibility index (Phi) is 4.43. The van der Waals surface area contributed by atoms with Crippen LogP contribution in [0.15, 0.2) is 22.7 Å². The van der Waals surface area contributed by atoms with Crippen LogP contribution in [0.2, 0.25) is 0 Å². The molecule has 0 radical (unpaired) electrons. The van der Waals surface area contributed by atoms with Crippen LogP contribution in [-0.4, -0.2) is 26.8 Å². The molecular weight excluding hydrogens is 294 g/mol. The first-order chi connectivity index (χ1) is 8.70. The topological polar surface area (TPSA) is 55.6 Å². The van der Waals surface area contributed by atoms with Gasteiger partial charge >= 0.3 is 0 Å². The molecule has 2 aromatic rings. The van der Waals surface area contributed by atoms with Crippen molar-refractivity contribution >= 4 is 15.9 Å². The third-order valence-electron chi connectivity index (χ3n) is 2.52. The molecule has 0 amide bonds. The number of rotatable bonds is 5. The molecule has 0 bridgehead atoms. The quantitative estimate of drug-likeness (QED) is 0.861. The molecule has 5 nitrogen and oxygen atoms in total. The van der Waals surface area contributed by atoms with E-state index in [1.807, 2.05) is 13.0 Å². The van der Waals surface area contributed by atoms with Gasteiger partial charge in [-0.3, -0.25) is 0 Å². The molecular formula is C12H16BrN5. The Labute approximate surface area is 115 Å². The summed E-state index contributed by atoms with van der Waals surface area (Å²) in [6.45, 7) is 5.82. The van der Waals surface area contributed by atoms with E-state index in [1.165, 1.54) is 5.56 Å². The van der Waals surface area contributed by atoms with Crippen molar-refractivity contribution in [2.24, 2.45) is 0 Å². The lowest BCUT2D eigenvalue weighted by Gasteiger charge is -2.07. The van der Waals surface area contributed by atoms with Crippen LogP contribution in [0.5, 0.6) is 0 Å². The van der Waals surface area contributed by atoms with Gasteiger partial charge in [0.1, 0.15) is 0 Å². The Hall–Kier alpha value is -1.27. The minimum Gasteiger partial charge on any atom is -0.310 e. The molecule has 1 N–H and O–H groups in total. The minimum absolute atomic E-state index is 0.673. The number of hydrogen-bond donors (Lipinski definition) is 1. The summed E-state index contributed by atoms with van der Waals surface area (Å²) in [7, 11) is 0. The van der Waals surface area contributed by atoms with Gasteiger partial charge in [0.25, 0.3) is 0 Å². The van der Waals surface area contributed by atoms with E-state index in [4.69, 9.17) is 0 Å². The van der Waals surface area contributed by atoms with Crippen LogP contribution < -0.4 is 5.32 Å². The zero-order valence-corrected chi connectivity index (χ0v) is 12.1. The van der Waals surface area contributed by atoms with Crippen LogP contribution in [0.1, 0.15) is 24.7 Å². The zero-order valence-electron chi connectivity index (χ0n) is 10.5. The van der Waals surface area contributed by atoms with Crippen molar-refractivity contribution in [3.05, 3.63) is 34.1 Å². The molecule has 6 heteroatoms. The van der Waals surface area contributed by atoms with Gasteiger partial charge in [-0.15, -0.1) is 5.10 Å². The number of nitrogens with zero attached hydrogens (tertiary/aromatic N) is 4. The second-order valence-corrected chi connectivity index (χ2v) is 5.09. The summed E-state index contributed by atoms with van der Waals surface area (Å²) < 4.78 is 2.79. The lowest BCUT2D eigenvalue weighted by atomic mass is 10.2. The van der Waals surface area contributed by atoms with Crippen molar-refractivity contribution in [1.82, 2.24) is 25.5 Å². The van der Waals surface area contributed by atoms with Crippen LogP contribution >= 0.6 is 15.9 Å². The van der Waals surface area contributed by atoms with E-state index in [-0.39, 0.29) is 0 Å². The molecule has 96 valence electrons. The van der Waals surface area contributed by atoms with Crippen molar-refractivity contribution in [2.75, 3.05) is 6.54 Å². The number of aromatic nitrogens is 4. The normalized spacial score (nSPS) is 10.8. The maximum atomic E-state index is 4.05. The first-order valence-electron chi connectivity index (χ1n) is 5.96. The molecule has 0 saturated heterocycles. The molecule has 1 heterocycles. The van der Waals surface area contributed by atoms with E-state index in [0.29, 0.717) is 6.54 Å². The average Bonchev–Trinajstić information content (AvgIpc) is 2.76. The van der Waals surface area contributed by atoms with Gasteiger partial charge in [-0.05, 0) is 54.1 Å². The number of aryl methyl sites for hydroxylation is 1. The molecule has 0 unspecified atom stereocenters. The Morgan fingerprint density at radius 2 is 2.17 bits per heavy atom. The van der Waals surface area contributed by atoms with Gasteiger partial charge in [-0.25, -0.2) is 0 Å². The van der Waals surface area contributed by atoms with E-state index >= 15 is 0 Å². The minimum atomic E-state index is 0.673. The van der Waals surface area contributed by atoms with Gasteiger partial charge in [-0.2, -0.15) is 4.68 Å². The Morgan fingerprint density at radius 1 is 1.33 bits per heavy atom. The Bertz CT molecular complexity index is 503. The summed E-state index contributed by atoms with van der Waals surface area (Å²) in [4.78, 5) is 0. The fourth-order valence-corrected chi connectivity index (χ4v) is 2.33. The van der Waals surface area contributed by atoms with Gasteiger partial charge in [0.05, 0.1) is 12.2 Å². The molecule has 0 saturated carbocycles. The highest BCUT2D eigenvalue weighted by Crippen LogP contribution is 2.18. The first kappa shape index (κ1) is 13.2. The van der Waals surface area contributed by atoms with Crippen LogP contribution in [-0.2, 0) is 6.54 Å². The van der Waals surface area contributed by atoms with Gasteiger partial charge in [0.2, 0.25) is 0 Å². The van der Waals surface area contributed by atoms with Crippen molar-refractivity contribution in [2.45, 2.75) is 26.8 Å². The summed E-state index contributed by atoms with van der Waals surface area (Å²) in [5, 5.41) is 15.1. The van der Waals surface area contributed by atoms with Crippen LogP contribution in [0.4, 0.5) is 0 Å². The summed E-state index contributed by atoms with van der Waals surface area (Å²) in [5.41, 5.74) is 2.14. The van der Waals surface area contributed by atoms with E-state index < -0.39 is 0 Å². The van der Waals surface area contributed by atoms with Crippen molar-refractivity contribution in [3.63, 3.8) is 0 Å². The largest absolute Gasteiger partial charge is 0.310 e. The molecule has 18 heavy (non-hydrogen) atoms.